The maximum Gasteiger partial charge on any atom is 0.261 e. The van der Waals surface area contributed by atoms with Crippen molar-refractivity contribution < 1.29 is 76.0 Å². The first-order chi connectivity index (χ1) is 73.8. The molecule has 13 aromatic carbocycles. The van der Waals surface area contributed by atoms with Crippen molar-refractivity contribution in [3.05, 3.63) is 144 Å². The van der Waals surface area contributed by atoms with Crippen molar-refractivity contribution in [1.82, 2.24) is 9.80 Å². The Kier molecular flexibility index (Phi) is 44.3. The molecular formula is C132H174N2O16. The van der Waals surface area contributed by atoms with Crippen LogP contribution in [0.1, 0.15) is 419 Å². The summed E-state index contributed by atoms with van der Waals surface area (Å²) >= 11 is 0. The maximum atomic E-state index is 15.0. The van der Waals surface area contributed by atoms with Gasteiger partial charge in [0.05, 0.1) is 79.3 Å². The van der Waals surface area contributed by atoms with Crippen LogP contribution in [0.5, 0.6) is 69.0 Å². The van der Waals surface area contributed by atoms with Crippen LogP contribution in [-0.2, 0) is 0 Å². The van der Waals surface area contributed by atoms with Gasteiger partial charge in [0.15, 0.2) is 69.0 Å². The highest BCUT2D eigenvalue weighted by atomic mass is 16.5. The molecule has 150 heavy (non-hydrogen) atoms. The standard InChI is InChI=1S/C132H174N2O16/c1-11-21-31-47-69-139-113-81-101-103-83-115(141-71-49-33-23-13-3)119(145-75-53-37-27-17-7)87-107(103)111-91-123(121(147-77-55-39-29-19-9)89-109(111)105(101)85-117(113)143-73-51-35-25-15-5)149-79-57-43-41-45-67-133-129(135)97-63-59-93-95-61-65-99-128-100(66-62-96(126(95)128)94-60-64-98(130(133)136)127(97)125(93)94)132(138)134(131(99)137)68-46-42-44-58-80-150-124-92-112-108-88-120(146-76-54-38-28-18-8)116(142-72-50-34-24-14-4)84-104(108)102-82-114(140-70-48-32-22-12-2)118(144-74-52-36-26-16-6)86-106(102)110(112)90-122(124)148-78-56-40-30-20-10/h59-66,81-92H,11-58,67-80H2,1-10H3. The van der Waals surface area contributed by atoms with E-state index in [4.69, 9.17) is 56.8 Å². The smallest absolute Gasteiger partial charge is 0.261 e. The van der Waals surface area contributed by atoms with Gasteiger partial charge in [0, 0.05) is 46.1 Å². The van der Waals surface area contributed by atoms with Gasteiger partial charge in [-0.2, -0.15) is 0 Å². The normalized spacial score (nSPS) is 12.7. The van der Waals surface area contributed by atoms with Crippen molar-refractivity contribution >= 4 is 131 Å². The molecule has 4 amide bonds. The van der Waals surface area contributed by atoms with Crippen molar-refractivity contribution in [2.75, 3.05) is 92.4 Å². The van der Waals surface area contributed by atoms with Crippen LogP contribution in [0, 0.1) is 0 Å². The third-order valence-electron chi connectivity index (χ3n) is 30.7. The molecule has 0 unspecified atom stereocenters. The van der Waals surface area contributed by atoms with E-state index in [9.17, 15) is 19.2 Å². The number of unbranched alkanes of at least 4 members (excludes halogenated alkanes) is 36. The minimum absolute atomic E-state index is 0.268. The van der Waals surface area contributed by atoms with E-state index in [0.29, 0.717) is 148 Å². The number of ether oxygens (including phenoxy) is 12. The van der Waals surface area contributed by atoms with E-state index >= 15 is 0 Å². The molecule has 0 spiro atoms. The number of carbonyl (C=O) groups is 4. The number of hydrogen-bond donors (Lipinski definition) is 0. The van der Waals surface area contributed by atoms with Gasteiger partial charge in [0.1, 0.15) is 0 Å². The van der Waals surface area contributed by atoms with Crippen LogP contribution in [0.3, 0.4) is 0 Å². The minimum Gasteiger partial charge on any atom is -0.490 e. The summed E-state index contributed by atoms with van der Waals surface area (Å²) in [7, 11) is 0. The largest absolute Gasteiger partial charge is 0.490 e. The molecule has 0 N–H and O–H groups in total. The lowest BCUT2D eigenvalue weighted by Crippen LogP contribution is -2.41. The SMILES string of the molecule is CCCCCCOc1cc2c3cc(OCCCCCC)c(OCCCCCC)cc3c3cc(OCCCCCCN4C(=O)c5ccc6c7ccc8c9c(ccc(c%10ccc(c5c6%10)C4=O)c97)C(=O)N(CCCCCCOc4cc5c6cc(OCCCCCC)c(OCCCCCC)cc6c6cc(OCCCCCC)c(OCCCCCC)cc6c5cc4OCCCCCC)C8=O)c(OCCCCCC)cc3c2cc1OCCCCCC. The molecule has 2 aliphatic rings. The predicted molar refractivity (Wildman–Crippen MR) is 621 cm³/mol. The van der Waals surface area contributed by atoms with Gasteiger partial charge < -0.3 is 56.8 Å². The van der Waals surface area contributed by atoms with Crippen molar-refractivity contribution in [3.63, 3.8) is 0 Å². The Morgan fingerprint density at radius 2 is 0.273 bits per heavy atom. The molecule has 18 nitrogen and oxygen atoms in total. The summed E-state index contributed by atoms with van der Waals surface area (Å²) in [4.78, 5) is 62.8. The quantitative estimate of drug-likeness (QED) is 0.0152. The summed E-state index contributed by atoms with van der Waals surface area (Å²) in [5, 5.41) is 18.7. The first-order valence-electron chi connectivity index (χ1n) is 59.4. The Bertz CT molecular complexity index is 5980. The predicted octanol–water partition coefficient (Wildman–Crippen LogP) is 36.7. The number of amides is 4. The fourth-order valence-corrected chi connectivity index (χ4v) is 22.1. The third kappa shape index (κ3) is 28.2. The third-order valence-corrected chi connectivity index (χ3v) is 30.7. The zero-order chi connectivity index (χ0) is 105. The average molecular weight is 2040 g/mol. The number of hydrogen-bond acceptors (Lipinski definition) is 16. The molecule has 0 aromatic heterocycles. The van der Waals surface area contributed by atoms with Crippen LogP contribution in [0.4, 0.5) is 0 Å². The van der Waals surface area contributed by atoms with Crippen LogP contribution >= 0.6 is 0 Å². The number of fused-ring (bicyclic) bond motifs is 14. The lowest BCUT2D eigenvalue weighted by molar-refractivity contribution is 0.0592. The van der Waals surface area contributed by atoms with Gasteiger partial charge in [-0.05, 0) is 284 Å². The molecule has 15 rings (SSSR count). The maximum absolute atomic E-state index is 15.0. The molecule has 18 heteroatoms. The molecule has 0 radical (unpaired) electrons. The van der Waals surface area contributed by atoms with Crippen LogP contribution < -0.4 is 56.8 Å². The lowest BCUT2D eigenvalue weighted by Gasteiger charge is -2.30. The molecule has 2 aliphatic heterocycles. The molecular weight excluding hydrogens is 1870 g/mol. The summed E-state index contributed by atoms with van der Waals surface area (Å²) in [6.07, 6.45) is 49.3. The molecule has 0 saturated carbocycles. The summed E-state index contributed by atoms with van der Waals surface area (Å²) in [5.41, 5.74) is 1.94. The van der Waals surface area contributed by atoms with Crippen LogP contribution in [-0.4, -0.2) is 126 Å². The summed E-state index contributed by atoms with van der Waals surface area (Å²) in [6, 6.07) is 41.8. The second-order valence-corrected chi connectivity index (χ2v) is 42.4. The van der Waals surface area contributed by atoms with Gasteiger partial charge >= 0.3 is 0 Å². The highest BCUT2D eigenvalue weighted by Gasteiger charge is 2.38. The minimum atomic E-state index is -0.312. The van der Waals surface area contributed by atoms with E-state index in [1.165, 1.54) is 22.6 Å². The average Bonchev–Trinajstić information content (AvgIpc) is 0.689. The van der Waals surface area contributed by atoms with Crippen molar-refractivity contribution in [3.8, 4) is 69.0 Å². The topological polar surface area (TPSA) is 186 Å². The second kappa shape index (κ2) is 59.0. The number of imide groups is 2. The van der Waals surface area contributed by atoms with E-state index < -0.39 is 0 Å². The highest BCUT2D eigenvalue weighted by molar-refractivity contribution is 6.41. The van der Waals surface area contributed by atoms with Crippen molar-refractivity contribution in [1.29, 1.82) is 0 Å². The van der Waals surface area contributed by atoms with E-state index in [1.807, 2.05) is 48.5 Å². The van der Waals surface area contributed by atoms with Crippen LogP contribution in [0.25, 0.3) is 108 Å². The van der Waals surface area contributed by atoms with Gasteiger partial charge in [-0.15, -0.1) is 0 Å². The molecule has 808 valence electrons. The molecule has 2 heterocycles. The summed E-state index contributed by atoms with van der Waals surface area (Å²) < 4.78 is 81.9. The summed E-state index contributed by atoms with van der Waals surface area (Å²) in [5.74, 6) is 7.49. The number of carbonyl (C=O) groups excluding carboxylic acids is 4. The van der Waals surface area contributed by atoms with Crippen molar-refractivity contribution in [2.24, 2.45) is 0 Å². The van der Waals surface area contributed by atoms with Crippen LogP contribution in [0.15, 0.2) is 121 Å². The van der Waals surface area contributed by atoms with Gasteiger partial charge in [0.25, 0.3) is 23.6 Å². The lowest BCUT2D eigenvalue weighted by atomic mass is 9.82. The van der Waals surface area contributed by atoms with E-state index in [0.717, 1.165) is 425 Å². The molecule has 0 aliphatic carbocycles. The first-order valence-corrected chi connectivity index (χ1v) is 59.4. The van der Waals surface area contributed by atoms with Gasteiger partial charge in [-0.25, -0.2) is 0 Å². The van der Waals surface area contributed by atoms with Gasteiger partial charge in [-0.3, -0.25) is 29.0 Å². The van der Waals surface area contributed by atoms with Gasteiger partial charge in [-0.1, -0.05) is 312 Å². The summed E-state index contributed by atoms with van der Waals surface area (Å²) in [6.45, 7) is 29.6. The van der Waals surface area contributed by atoms with Crippen molar-refractivity contribution in [2.45, 2.75) is 377 Å². The fourth-order valence-electron chi connectivity index (χ4n) is 22.1. The Labute approximate surface area is 894 Å². The molecule has 13 aromatic rings. The van der Waals surface area contributed by atoms with E-state index in [-0.39, 0.29) is 36.7 Å². The zero-order valence-electron chi connectivity index (χ0n) is 92.8. The Morgan fingerprint density at radius 3 is 0.407 bits per heavy atom. The van der Waals surface area contributed by atoms with Crippen LogP contribution in [0.2, 0.25) is 0 Å². The number of nitrogens with zero attached hydrogens (tertiary/aromatic N) is 2. The Hall–Kier alpha value is -11.4. The Morgan fingerprint density at radius 1 is 0.147 bits per heavy atom. The molecule has 0 saturated heterocycles. The fraction of sp³-hybridized carbons (Fsp3) is 0.545. The van der Waals surface area contributed by atoms with E-state index in [2.05, 4.69) is 142 Å². The zero-order valence-corrected chi connectivity index (χ0v) is 92.8. The molecule has 0 atom stereocenters. The monoisotopic (exact) mass is 2040 g/mol. The Balaban J connectivity index is 0.630. The second-order valence-electron chi connectivity index (χ2n) is 42.4. The highest BCUT2D eigenvalue weighted by Crippen LogP contribution is 2.53. The van der Waals surface area contributed by atoms with E-state index in [1.54, 1.807) is 0 Å². The number of benzene rings is 13. The first kappa shape index (κ1) is 113. The number of rotatable bonds is 76. The molecule has 0 bridgehead atoms. The van der Waals surface area contributed by atoms with Gasteiger partial charge in [0.2, 0.25) is 0 Å². The molecule has 0 fully saturated rings.